The maximum atomic E-state index is 11.9. The summed E-state index contributed by atoms with van der Waals surface area (Å²) in [5.41, 5.74) is 0.326. The third kappa shape index (κ3) is 4.44. The molecule has 0 aliphatic heterocycles. The van der Waals surface area contributed by atoms with E-state index in [-0.39, 0.29) is 35.3 Å². The van der Waals surface area contributed by atoms with Crippen LogP contribution in [0, 0.1) is 10.1 Å². The topological polar surface area (TPSA) is 122 Å². The molecule has 0 aromatic heterocycles. The summed E-state index contributed by atoms with van der Waals surface area (Å²) in [6.45, 7) is 0.306. The maximum Gasteiger partial charge on any atom is 0.303 e. The minimum absolute atomic E-state index is 0.0112. The molecule has 1 aromatic rings. The molecule has 1 aliphatic rings. The number of nitrogens with zero attached hydrogens (tertiary/aromatic N) is 1. The number of rotatable bonds is 8. The largest absolute Gasteiger partial charge is 0.481 e. The second-order valence-corrected chi connectivity index (χ2v) is 5.16. The molecular weight excluding hydrogens is 290 g/mol. The Morgan fingerprint density at radius 1 is 1.36 bits per heavy atom. The lowest BCUT2D eigenvalue weighted by Crippen LogP contribution is -2.25. The Morgan fingerprint density at radius 3 is 2.68 bits per heavy atom. The van der Waals surface area contributed by atoms with Crippen molar-refractivity contribution in [2.45, 2.75) is 31.7 Å². The van der Waals surface area contributed by atoms with Gasteiger partial charge in [0.2, 0.25) is 0 Å². The number of hydrogen-bond acceptors (Lipinski definition) is 5. The van der Waals surface area contributed by atoms with Crippen LogP contribution in [0.4, 0.5) is 11.4 Å². The van der Waals surface area contributed by atoms with E-state index in [1.807, 2.05) is 0 Å². The fourth-order valence-corrected chi connectivity index (χ4v) is 1.93. The highest BCUT2D eigenvalue weighted by Gasteiger charge is 2.25. The molecule has 0 saturated heterocycles. The van der Waals surface area contributed by atoms with Gasteiger partial charge in [0.15, 0.2) is 0 Å². The second kappa shape index (κ2) is 6.88. The summed E-state index contributed by atoms with van der Waals surface area (Å²) in [6.07, 6.45) is 2.23. The lowest BCUT2D eigenvalue weighted by atomic mass is 10.1. The number of anilines is 1. The van der Waals surface area contributed by atoms with Gasteiger partial charge in [-0.05, 0) is 31.4 Å². The molecule has 3 N–H and O–H groups in total. The number of carboxylic acids is 1. The molecule has 118 valence electrons. The Morgan fingerprint density at radius 2 is 2.09 bits per heavy atom. The van der Waals surface area contributed by atoms with Gasteiger partial charge >= 0.3 is 5.97 Å². The van der Waals surface area contributed by atoms with Crippen LogP contribution in [-0.2, 0) is 4.79 Å². The number of nitro groups is 1. The number of aliphatic carboxylic acids is 1. The molecule has 0 heterocycles. The molecular formula is C14H17N3O5. The first-order chi connectivity index (χ1) is 10.5. The number of hydrogen-bond donors (Lipinski definition) is 3. The second-order valence-electron chi connectivity index (χ2n) is 5.16. The van der Waals surface area contributed by atoms with E-state index < -0.39 is 10.9 Å². The first kappa shape index (κ1) is 15.7. The predicted molar refractivity (Wildman–Crippen MR) is 78.9 cm³/mol. The monoisotopic (exact) mass is 307 g/mol. The summed E-state index contributed by atoms with van der Waals surface area (Å²) in [5.74, 6) is -1.23. The van der Waals surface area contributed by atoms with Crippen molar-refractivity contribution in [3.8, 4) is 0 Å². The Kier molecular flexibility index (Phi) is 4.92. The number of benzene rings is 1. The van der Waals surface area contributed by atoms with E-state index in [1.54, 1.807) is 0 Å². The molecule has 2 rings (SSSR count). The van der Waals surface area contributed by atoms with Crippen LogP contribution >= 0.6 is 0 Å². The Bertz CT molecular complexity index is 598. The van der Waals surface area contributed by atoms with Crippen molar-refractivity contribution < 1.29 is 19.6 Å². The SMILES string of the molecule is O=C(O)CCCNc1ccc(C(=O)NC2CC2)cc1[N+](=O)[O-]. The first-order valence-corrected chi connectivity index (χ1v) is 7.02. The van der Waals surface area contributed by atoms with Crippen molar-refractivity contribution in [2.24, 2.45) is 0 Å². The summed E-state index contributed by atoms with van der Waals surface area (Å²) < 4.78 is 0. The molecule has 0 atom stereocenters. The van der Waals surface area contributed by atoms with Crippen LogP contribution in [-0.4, -0.2) is 34.5 Å². The number of carboxylic acid groups (broad SMARTS) is 1. The van der Waals surface area contributed by atoms with Crippen molar-refractivity contribution in [1.82, 2.24) is 5.32 Å². The van der Waals surface area contributed by atoms with Gasteiger partial charge in [-0.2, -0.15) is 0 Å². The third-order valence-electron chi connectivity index (χ3n) is 3.25. The van der Waals surface area contributed by atoms with E-state index in [2.05, 4.69) is 10.6 Å². The first-order valence-electron chi connectivity index (χ1n) is 7.02. The molecule has 0 radical (unpaired) electrons. The number of carbonyl (C=O) groups is 2. The Labute approximate surface area is 126 Å². The fraction of sp³-hybridized carbons (Fsp3) is 0.429. The lowest BCUT2D eigenvalue weighted by Gasteiger charge is -2.08. The number of carbonyl (C=O) groups excluding carboxylic acids is 1. The van der Waals surface area contributed by atoms with E-state index in [0.717, 1.165) is 12.8 Å². The van der Waals surface area contributed by atoms with Crippen molar-refractivity contribution >= 4 is 23.3 Å². The van der Waals surface area contributed by atoms with Crippen molar-refractivity contribution in [3.05, 3.63) is 33.9 Å². The van der Waals surface area contributed by atoms with Crippen LogP contribution < -0.4 is 10.6 Å². The Hall–Kier alpha value is -2.64. The zero-order valence-corrected chi connectivity index (χ0v) is 11.9. The third-order valence-corrected chi connectivity index (χ3v) is 3.25. The number of nitrogens with one attached hydrogen (secondary N) is 2. The highest BCUT2D eigenvalue weighted by atomic mass is 16.6. The lowest BCUT2D eigenvalue weighted by molar-refractivity contribution is -0.384. The van der Waals surface area contributed by atoms with Gasteiger partial charge in [-0.3, -0.25) is 19.7 Å². The molecule has 1 aliphatic carbocycles. The number of nitro benzene ring substituents is 1. The molecule has 8 heteroatoms. The molecule has 1 saturated carbocycles. The highest BCUT2D eigenvalue weighted by Crippen LogP contribution is 2.26. The van der Waals surface area contributed by atoms with Gasteiger partial charge in [0.05, 0.1) is 4.92 Å². The summed E-state index contributed by atoms with van der Waals surface area (Å²) in [7, 11) is 0. The average molecular weight is 307 g/mol. The minimum Gasteiger partial charge on any atom is -0.481 e. The fourth-order valence-electron chi connectivity index (χ4n) is 1.93. The van der Waals surface area contributed by atoms with E-state index in [1.165, 1.54) is 18.2 Å². The molecule has 0 unspecified atom stereocenters. The zero-order valence-electron chi connectivity index (χ0n) is 11.9. The maximum absolute atomic E-state index is 11.9. The van der Waals surface area contributed by atoms with Gasteiger partial charge in [-0.15, -0.1) is 0 Å². The Balaban J connectivity index is 2.04. The van der Waals surface area contributed by atoms with E-state index in [9.17, 15) is 19.7 Å². The van der Waals surface area contributed by atoms with Crippen LogP contribution in [0.2, 0.25) is 0 Å². The summed E-state index contributed by atoms with van der Waals surface area (Å²) >= 11 is 0. The van der Waals surface area contributed by atoms with Crippen LogP contribution in [0.25, 0.3) is 0 Å². The average Bonchev–Trinajstić information content (AvgIpc) is 3.27. The van der Waals surface area contributed by atoms with Gasteiger partial charge in [0, 0.05) is 30.6 Å². The van der Waals surface area contributed by atoms with Crippen molar-refractivity contribution in [1.29, 1.82) is 0 Å². The van der Waals surface area contributed by atoms with Gasteiger partial charge in [-0.1, -0.05) is 0 Å². The van der Waals surface area contributed by atoms with Crippen LogP contribution in [0.3, 0.4) is 0 Å². The van der Waals surface area contributed by atoms with Crippen molar-refractivity contribution in [2.75, 3.05) is 11.9 Å². The normalized spacial score (nSPS) is 13.5. The summed E-state index contributed by atoms with van der Waals surface area (Å²) in [5, 5.41) is 25.3. The predicted octanol–water partition coefficient (Wildman–Crippen LogP) is 1.76. The van der Waals surface area contributed by atoms with E-state index >= 15 is 0 Å². The molecule has 22 heavy (non-hydrogen) atoms. The molecule has 0 bridgehead atoms. The summed E-state index contributed by atoms with van der Waals surface area (Å²) in [4.78, 5) is 32.9. The minimum atomic E-state index is -0.914. The van der Waals surface area contributed by atoms with Crippen molar-refractivity contribution in [3.63, 3.8) is 0 Å². The smallest absolute Gasteiger partial charge is 0.303 e. The molecule has 0 spiro atoms. The number of amides is 1. The van der Waals surface area contributed by atoms with E-state index in [4.69, 9.17) is 5.11 Å². The highest BCUT2D eigenvalue weighted by molar-refractivity contribution is 5.96. The van der Waals surface area contributed by atoms with E-state index in [0.29, 0.717) is 13.0 Å². The van der Waals surface area contributed by atoms with Crippen LogP contribution in [0.5, 0.6) is 0 Å². The molecule has 1 amide bonds. The van der Waals surface area contributed by atoms with Crippen LogP contribution in [0.15, 0.2) is 18.2 Å². The van der Waals surface area contributed by atoms with Gasteiger partial charge in [-0.25, -0.2) is 0 Å². The molecule has 1 fully saturated rings. The van der Waals surface area contributed by atoms with Gasteiger partial charge in [0.1, 0.15) is 5.69 Å². The summed E-state index contributed by atoms with van der Waals surface area (Å²) in [6, 6.07) is 4.41. The van der Waals surface area contributed by atoms with Crippen LogP contribution in [0.1, 0.15) is 36.0 Å². The quantitative estimate of drug-likeness (QED) is 0.382. The molecule has 1 aromatic carbocycles. The molecule has 8 nitrogen and oxygen atoms in total. The van der Waals surface area contributed by atoms with Gasteiger partial charge in [0.25, 0.3) is 11.6 Å². The van der Waals surface area contributed by atoms with Gasteiger partial charge < -0.3 is 15.7 Å². The standard InChI is InChI=1S/C14H17N3O5/c18-13(19)2-1-7-15-11-6-3-9(8-12(11)17(21)22)14(20)16-10-4-5-10/h3,6,8,10,15H,1-2,4-5,7H2,(H,16,20)(H,18,19). The zero-order chi connectivity index (χ0) is 16.1.